The molecule has 0 bridgehead atoms. The molecule has 0 unspecified atom stereocenters. The van der Waals surface area contributed by atoms with E-state index in [9.17, 15) is 18.0 Å². The first-order valence-electron chi connectivity index (χ1n) is 9.05. The SMILES string of the molecule is Cc1ccccc1C1(c2noc(-c3cc(C(F)(F)F)nn3CCC(N)=O)n2)CC1. The Morgan fingerprint density at radius 2 is 2.03 bits per heavy atom. The van der Waals surface area contributed by atoms with Crippen LogP contribution in [0, 0.1) is 6.92 Å². The molecule has 3 aromatic rings. The number of halogens is 3. The molecule has 1 aromatic carbocycles. The molecule has 1 saturated carbocycles. The lowest BCUT2D eigenvalue weighted by atomic mass is 9.91. The molecule has 152 valence electrons. The van der Waals surface area contributed by atoms with Crippen LogP contribution in [0.25, 0.3) is 11.6 Å². The molecule has 0 atom stereocenters. The third kappa shape index (κ3) is 3.50. The summed E-state index contributed by atoms with van der Waals surface area (Å²) in [6.45, 7) is 1.87. The third-order valence-corrected chi connectivity index (χ3v) is 5.12. The Kier molecular flexibility index (Phi) is 4.44. The van der Waals surface area contributed by atoms with Crippen molar-refractivity contribution < 1.29 is 22.5 Å². The van der Waals surface area contributed by atoms with Crippen molar-refractivity contribution in [3.05, 3.63) is 53.0 Å². The molecule has 29 heavy (non-hydrogen) atoms. The molecule has 0 spiro atoms. The first kappa shape index (κ1) is 19.2. The average Bonchev–Trinajstić information content (AvgIpc) is 3.11. The smallest absolute Gasteiger partial charge is 0.370 e. The van der Waals surface area contributed by atoms with E-state index in [0.717, 1.165) is 34.7 Å². The van der Waals surface area contributed by atoms with Crippen LogP contribution in [0.15, 0.2) is 34.9 Å². The monoisotopic (exact) mass is 405 g/mol. The van der Waals surface area contributed by atoms with E-state index in [1.54, 1.807) is 0 Å². The van der Waals surface area contributed by atoms with Crippen LogP contribution in [-0.2, 0) is 22.9 Å². The van der Waals surface area contributed by atoms with Gasteiger partial charge in [0.2, 0.25) is 5.91 Å². The van der Waals surface area contributed by atoms with Crippen molar-refractivity contribution in [2.75, 3.05) is 0 Å². The van der Waals surface area contributed by atoms with Gasteiger partial charge in [0.1, 0.15) is 5.69 Å². The fourth-order valence-corrected chi connectivity index (χ4v) is 3.48. The molecule has 1 aliphatic rings. The van der Waals surface area contributed by atoms with E-state index in [2.05, 4.69) is 15.2 Å². The Morgan fingerprint density at radius 3 is 2.66 bits per heavy atom. The highest BCUT2D eigenvalue weighted by Gasteiger charge is 2.51. The Labute approximate surface area is 163 Å². The predicted octanol–water partition coefficient (Wildman–Crippen LogP) is 3.22. The van der Waals surface area contributed by atoms with E-state index in [-0.39, 0.29) is 24.6 Å². The van der Waals surface area contributed by atoms with Gasteiger partial charge in [-0.15, -0.1) is 0 Å². The van der Waals surface area contributed by atoms with Gasteiger partial charge in [0.15, 0.2) is 11.5 Å². The second-order valence-electron chi connectivity index (χ2n) is 7.17. The van der Waals surface area contributed by atoms with Gasteiger partial charge < -0.3 is 10.3 Å². The lowest BCUT2D eigenvalue weighted by molar-refractivity contribution is -0.141. The van der Waals surface area contributed by atoms with Crippen LogP contribution in [0.3, 0.4) is 0 Å². The van der Waals surface area contributed by atoms with Gasteiger partial charge in [-0.3, -0.25) is 9.48 Å². The molecule has 0 aliphatic heterocycles. The van der Waals surface area contributed by atoms with Crippen molar-refractivity contribution >= 4 is 5.91 Å². The lowest BCUT2D eigenvalue weighted by Crippen LogP contribution is -2.16. The molecular formula is C19H18F3N5O2. The summed E-state index contributed by atoms with van der Waals surface area (Å²) >= 11 is 0. The Morgan fingerprint density at radius 1 is 1.31 bits per heavy atom. The molecular weight excluding hydrogens is 387 g/mol. The highest BCUT2D eigenvalue weighted by Crippen LogP contribution is 2.53. The number of benzene rings is 1. The van der Waals surface area contributed by atoms with Gasteiger partial charge in [0, 0.05) is 12.5 Å². The van der Waals surface area contributed by atoms with E-state index in [1.165, 1.54) is 0 Å². The van der Waals surface area contributed by atoms with Crippen LogP contribution in [0.5, 0.6) is 0 Å². The van der Waals surface area contributed by atoms with Crippen LogP contribution in [0.2, 0.25) is 0 Å². The number of amides is 1. The molecule has 1 aliphatic carbocycles. The van der Waals surface area contributed by atoms with Crippen molar-refractivity contribution in [3.8, 4) is 11.6 Å². The van der Waals surface area contributed by atoms with Gasteiger partial charge in [0.25, 0.3) is 5.89 Å². The van der Waals surface area contributed by atoms with Crippen LogP contribution >= 0.6 is 0 Å². The quantitative estimate of drug-likeness (QED) is 0.679. The number of hydrogen-bond acceptors (Lipinski definition) is 5. The van der Waals surface area contributed by atoms with Gasteiger partial charge in [-0.25, -0.2) is 0 Å². The molecule has 0 saturated heterocycles. The number of alkyl halides is 3. The highest BCUT2D eigenvalue weighted by atomic mass is 19.4. The zero-order chi connectivity index (χ0) is 20.8. The minimum absolute atomic E-state index is 0.00194. The van der Waals surface area contributed by atoms with E-state index in [0.29, 0.717) is 5.82 Å². The number of primary amides is 1. The van der Waals surface area contributed by atoms with Crippen molar-refractivity contribution in [3.63, 3.8) is 0 Å². The van der Waals surface area contributed by atoms with Crippen LogP contribution in [0.1, 0.15) is 41.9 Å². The van der Waals surface area contributed by atoms with Gasteiger partial charge in [0.05, 0.1) is 12.0 Å². The molecule has 4 rings (SSSR count). The summed E-state index contributed by atoms with van der Waals surface area (Å²) in [5.41, 5.74) is 5.78. The van der Waals surface area contributed by atoms with Crippen molar-refractivity contribution in [1.29, 1.82) is 0 Å². The zero-order valence-corrected chi connectivity index (χ0v) is 15.5. The summed E-state index contributed by atoms with van der Waals surface area (Å²) in [4.78, 5) is 15.5. The Hall–Kier alpha value is -3.17. The Bertz CT molecular complexity index is 1070. The number of aromatic nitrogens is 4. The van der Waals surface area contributed by atoms with E-state index < -0.39 is 23.2 Å². The van der Waals surface area contributed by atoms with Crippen molar-refractivity contribution in [2.45, 2.75) is 44.3 Å². The number of carbonyl (C=O) groups is 1. The summed E-state index contributed by atoms with van der Waals surface area (Å²) in [7, 11) is 0. The molecule has 10 heteroatoms. The topological polar surface area (TPSA) is 99.8 Å². The number of aryl methyl sites for hydroxylation is 2. The van der Waals surface area contributed by atoms with Crippen LogP contribution in [0.4, 0.5) is 13.2 Å². The molecule has 2 heterocycles. The maximum absolute atomic E-state index is 13.1. The maximum atomic E-state index is 13.1. The van der Waals surface area contributed by atoms with E-state index in [4.69, 9.17) is 10.3 Å². The first-order valence-corrected chi connectivity index (χ1v) is 9.05. The number of rotatable bonds is 6. The molecule has 2 N–H and O–H groups in total. The molecule has 0 radical (unpaired) electrons. The van der Waals surface area contributed by atoms with Crippen LogP contribution < -0.4 is 5.73 Å². The van der Waals surface area contributed by atoms with Gasteiger partial charge in [-0.05, 0) is 30.9 Å². The molecule has 1 amide bonds. The van der Waals surface area contributed by atoms with E-state index in [1.807, 2.05) is 31.2 Å². The average molecular weight is 405 g/mol. The van der Waals surface area contributed by atoms with Gasteiger partial charge >= 0.3 is 6.18 Å². The van der Waals surface area contributed by atoms with Gasteiger partial charge in [-0.2, -0.15) is 23.3 Å². The Balaban J connectivity index is 1.72. The van der Waals surface area contributed by atoms with Gasteiger partial charge in [-0.1, -0.05) is 29.4 Å². The zero-order valence-electron chi connectivity index (χ0n) is 15.5. The minimum Gasteiger partial charge on any atom is -0.370 e. The number of carbonyl (C=O) groups excluding carboxylic acids is 1. The summed E-state index contributed by atoms with van der Waals surface area (Å²) < 4.78 is 45.7. The van der Waals surface area contributed by atoms with E-state index >= 15 is 0 Å². The fourth-order valence-electron chi connectivity index (χ4n) is 3.48. The standard InChI is InChI=1S/C19H18F3N5O2/c1-11-4-2-3-5-12(11)18(7-8-18)17-24-16(29-26-17)13-10-14(19(20,21)22)25-27(13)9-6-15(23)28/h2-5,10H,6-9H2,1H3,(H2,23,28). The maximum Gasteiger partial charge on any atom is 0.435 e. The second-order valence-corrected chi connectivity index (χ2v) is 7.17. The number of nitrogens with zero attached hydrogens (tertiary/aromatic N) is 4. The molecule has 2 aromatic heterocycles. The lowest BCUT2D eigenvalue weighted by Gasteiger charge is -2.13. The molecule has 7 nitrogen and oxygen atoms in total. The highest BCUT2D eigenvalue weighted by molar-refractivity contribution is 5.73. The van der Waals surface area contributed by atoms with Crippen LogP contribution in [-0.4, -0.2) is 25.8 Å². The predicted molar refractivity (Wildman–Crippen MR) is 95.5 cm³/mol. The summed E-state index contributed by atoms with van der Waals surface area (Å²) in [5, 5.41) is 7.60. The number of hydrogen-bond donors (Lipinski definition) is 1. The summed E-state index contributed by atoms with van der Waals surface area (Å²) in [6, 6.07) is 8.69. The number of nitrogens with two attached hydrogens (primary N) is 1. The summed E-state index contributed by atoms with van der Waals surface area (Å²) in [6.07, 6.45) is -3.16. The second kappa shape index (κ2) is 6.71. The van der Waals surface area contributed by atoms with Crippen molar-refractivity contribution in [2.24, 2.45) is 5.73 Å². The van der Waals surface area contributed by atoms with Crippen molar-refractivity contribution in [1.82, 2.24) is 19.9 Å². The fraction of sp³-hybridized carbons (Fsp3) is 0.368. The summed E-state index contributed by atoms with van der Waals surface area (Å²) in [5.74, 6) is -0.298. The minimum atomic E-state index is -4.64. The molecule has 1 fully saturated rings. The largest absolute Gasteiger partial charge is 0.435 e. The normalized spacial score (nSPS) is 15.4. The first-order chi connectivity index (χ1) is 13.7. The third-order valence-electron chi connectivity index (χ3n) is 5.12.